The van der Waals surface area contributed by atoms with Gasteiger partial charge in [-0.1, -0.05) is 0 Å². The highest BCUT2D eigenvalue weighted by Crippen LogP contribution is 2.26. The molecular formula is C12H10FNO4S. The number of hydrogen-bond acceptors (Lipinski definition) is 4. The van der Waals surface area contributed by atoms with Crippen molar-refractivity contribution in [2.24, 2.45) is 0 Å². The summed E-state index contributed by atoms with van der Waals surface area (Å²) >= 11 is 1.17. The van der Waals surface area contributed by atoms with Gasteiger partial charge in [0.25, 0.3) is 5.91 Å². The number of thiophene rings is 1. The first-order valence-corrected chi connectivity index (χ1v) is 6.17. The van der Waals surface area contributed by atoms with Crippen LogP contribution in [0.5, 0.6) is 0 Å². The first-order valence-electron chi connectivity index (χ1n) is 5.35. The molecule has 0 fully saturated rings. The molecule has 1 aromatic heterocycles. The largest absolute Gasteiger partial charge is 0.479 e. The second-order valence-corrected chi connectivity index (χ2v) is 4.94. The number of halogens is 1. The van der Waals surface area contributed by atoms with Crippen LogP contribution in [0.2, 0.25) is 0 Å². The van der Waals surface area contributed by atoms with E-state index >= 15 is 0 Å². The quantitative estimate of drug-likeness (QED) is 0.787. The Morgan fingerprint density at radius 2 is 2.11 bits per heavy atom. The van der Waals surface area contributed by atoms with Crippen molar-refractivity contribution in [3.05, 3.63) is 35.0 Å². The van der Waals surface area contributed by atoms with Gasteiger partial charge in [0.05, 0.1) is 11.4 Å². The van der Waals surface area contributed by atoms with E-state index in [0.29, 0.717) is 10.3 Å². The lowest BCUT2D eigenvalue weighted by Gasteiger charge is -2.06. The number of fused-ring (bicyclic) bond motifs is 1. The van der Waals surface area contributed by atoms with Crippen LogP contribution in [0.1, 0.15) is 9.67 Å². The minimum absolute atomic E-state index is 0.332. The number of carboxylic acid groups (broad SMARTS) is 1. The molecule has 1 aromatic carbocycles. The van der Waals surface area contributed by atoms with E-state index in [1.807, 2.05) is 0 Å². The highest BCUT2D eigenvalue weighted by Gasteiger charge is 2.16. The third-order valence-electron chi connectivity index (χ3n) is 2.44. The normalized spacial score (nSPS) is 12.3. The number of rotatable bonds is 4. The summed E-state index contributed by atoms with van der Waals surface area (Å²) in [6.07, 6.45) is -1.64. The number of hydrogen-bond donors (Lipinski definition) is 3. The number of carbonyl (C=O) groups excluding carboxylic acids is 1. The summed E-state index contributed by atoms with van der Waals surface area (Å²) < 4.78 is 13.8. The van der Waals surface area contributed by atoms with Crippen molar-refractivity contribution in [1.29, 1.82) is 0 Å². The molecule has 3 N–H and O–H groups in total. The van der Waals surface area contributed by atoms with Crippen molar-refractivity contribution in [2.75, 3.05) is 6.54 Å². The van der Waals surface area contributed by atoms with Crippen LogP contribution >= 0.6 is 11.3 Å². The Bertz CT molecular complexity index is 640. The molecule has 19 heavy (non-hydrogen) atoms. The zero-order chi connectivity index (χ0) is 14.0. The van der Waals surface area contributed by atoms with Gasteiger partial charge in [-0.05, 0) is 29.7 Å². The number of nitrogens with one attached hydrogen (secondary N) is 1. The van der Waals surface area contributed by atoms with E-state index in [0.717, 1.165) is 4.70 Å². The number of benzene rings is 1. The molecule has 0 spiro atoms. The highest BCUT2D eigenvalue weighted by atomic mass is 32.1. The topological polar surface area (TPSA) is 86.6 Å². The number of carboxylic acids is 1. The summed E-state index contributed by atoms with van der Waals surface area (Å²) in [4.78, 5) is 22.4. The minimum Gasteiger partial charge on any atom is -0.479 e. The van der Waals surface area contributed by atoms with E-state index in [2.05, 4.69) is 5.32 Å². The number of aliphatic hydroxyl groups excluding tert-OH is 1. The van der Waals surface area contributed by atoms with Crippen molar-refractivity contribution >= 4 is 33.3 Å². The summed E-state index contributed by atoms with van der Waals surface area (Å²) in [7, 11) is 0. The molecule has 2 rings (SSSR count). The molecule has 0 radical (unpaired) electrons. The Hall–Kier alpha value is -1.99. The fourth-order valence-electron chi connectivity index (χ4n) is 1.49. The van der Waals surface area contributed by atoms with Crippen molar-refractivity contribution in [3.8, 4) is 0 Å². The molecule has 5 nitrogen and oxygen atoms in total. The molecular weight excluding hydrogens is 273 g/mol. The van der Waals surface area contributed by atoms with Crippen LogP contribution in [-0.2, 0) is 4.79 Å². The molecule has 0 saturated heterocycles. The summed E-state index contributed by atoms with van der Waals surface area (Å²) in [5, 5.41) is 20.4. The lowest BCUT2D eigenvalue weighted by atomic mass is 10.2. The van der Waals surface area contributed by atoms with E-state index in [1.54, 1.807) is 6.07 Å². The van der Waals surface area contributed by atoms with E-state index in [-0.39, 0.29) is 6.54 Å². The predicted octanol–water partition coefficient (Wildman–Crippen LogP) is 1.22. The van der Waals surface area contributed by atoms with E-state index < -0.39 is 23.8 Å². The van der Waals surface area contributed by atoms with Gasteiger partial charge < -0.3 is 15.5 Å². The van der Waals surface area contributed by atoms with Gasteiger partial charge in [-0.15, -0.1) is 11.3 Å². The van der Waals surface area contributed by atoms with Crippen molar-refractivity contribution in [3.63, 3.8) is 0 Å². The van der Waals surface area contributed by atoms with Gasteiger partial charge in [0, 0.05) is 4.70 Å². The lowest BCUT2D eigenvalue weighted by molar-refractivity contribution is -0.146. The third kappa shape index (κ3) is 3.07. The molecule has 0 saturated carbocycles. The Morgan fingerprint density at radius 1 is 1.37 bits per heavy atom. The molecule has 1 unspecified atom stereocenters. The molecule has 1 atom stereocenters. The van der Waals surface area contributed by atoms with E-state index in [4.69, 9.17) is 10.2 Å². The van der Waals surface area contributed by atoms with Crippen LogP contribution < -0.4 is 5.32 Å². The smallest absolute Gasteiger partial charge is 0.334 e. The maximum absolute atomic E-state index is 13.0. The SMILES string of the molecule is O=C(NCC(O)C(=O)O)c1cc2cc(F)ccc2s1. The summed E-state index contributed by atoms with van der Waals surface area (Å²) in [5.41, 5.74) is 0. The molecule has 0 aliphatic rings. The van der Waals surface area contributed by atoms with Gasteiger partial charge in [0.1, 0.15) is 5.82 Å². The average molecular weight is 283 g/mol. The zero-order valence-electron chi connectivity index (χ0n) is 9.59. The molecule has 1 amide bonds. The fourth-order valence-corrected chi connectivity index (χ4v) is 2.45. The highest BCUT2D eigenvalue weighted by molar-refractivity contribution is 7.20. The summed E-state index contributed by atoms with van der Waals surface area (Å²) in [6, 6.07) is 5.70. The van der Waals surface area contributed by atoms with Crippen LogP contribution in [0.25, 0.3) is 10.1 Å². The number of carbonyl (C=O) groups is 2. The predicted molar refractivity (Wildman–Crippen MR) is 67.8 cm³/mol. The first kappa shape index (κ1) is 13.4. The minimum atomic E-state index is -1.64. The number of aliphatic hydroxyl groups is 1. The second-order valence-electron chi connectivity index (χ2n) is 3.86. The van der Waals surface area contributed by atoms with Crippen molar-refractivity contribution in [1.82, 2.24) is 5.32 Å². The fraction of sp³-hybridized carbons (Fsp3) is 0.167. The first-order chi connectivity index (χ1) is 8.97. The van der Waals surface area contributed by atoms with Gasteiger partial charge in [-0.3, -0.25) is 4.79 Å². The van der Waals surface area contributed by atoms with Crippen molar-refractivity contribution in [2.45, 2.75) is 6.10 Å². The van der Waals surface area contributed by atoms with Crippen LogP contribution in [-0.4, -0.2) is 34.7 Å². The Balaban J connectivity index is 2.11. The Labute approximate surface area is 111 Å². The van der Waals surface area contributed by atoms with Crippen LogP contribution in [0.3, 0.4) is 0 Å². The van der Waals surface area contributed by atoms with Crippen LogP contribution in [0.4, 0.5) is 4.39 Å². The van der Waals surface area contributed by atoms with Crippen LogP contribution in [0, 0.1) is 5.82 Å². The van der Waals surface area contributed by atoms with Crippen molar-refractivity contribution < 1.29 is 24.2 Å². The van der Waals surface area contributed by atoms with Crippen LogP contribution in [0.15, 0.2) is 24.3 Å². The summed E-state index contributed by atoms with van der Waals surface area (Å²) in [6.45, 7) is -0.378. The van der Waals surface area contributed by atoms with Gasteiger partial charge in [0.15, 0.2) is 6.10 Å². The standard InChI is InChI=1S/C12H10FNO4S/c13-7-1-2-9-6(3-7)4-10(19-9)11(16)14-5-8(15)12(17)18/h1-4,8,15H,5H2,(H,14,16)(H,17,18). The Kier molecular flexibility index (Phi) is 3.77. The maximum atomic E-state index is 13.0. The monoisotopic (exact) mass is 283 g/mol. The molecule has 2 aromatic rings. The van der Waals surface area contributed by atoms with Gasteiger partial charge >= 0.3 is 5.97 Å². The second kappa shape index (κ2) is 5.33. The number of amides is 1. The number of aliphatic carboxylic acids is 1. The lowest BCUT2D eigenvalue weighted by Crippen LogP contribution is -2.36. The van der Waals surface area contributed by atoms with Gasteiger partial charge in [0.2, 0.25) is 0 Å². The molecule has 1 heterocycles. The molecule has 0 bridgehead atoms. The van der Waals surface area contributed by atoms with Gasteiger partial charge in [-0.2, -0.15) is 0 Å². The van der Waals surface area contributed by atoms with Gasteiger partial charge in [-0.25, -0.2) is 9.18 Å². The molecule has 100 valence electrons. The average Bonchev–Trinajstić information content (AvgIpc) is 2.78. The zero-order valence-corrected chi connectivity index (χ0v) is 10.4. The Morgan fingerprint density at radius 3 is 2.79 bits per heavy atom. The van der Waals surface area contributed by atoms with E-state index in [9.17, 15) is 14.0 Å². The third-order valence-corrected chi connectivity index (χ3v) is 3.56. The molecule has 7 heteroatoms. The molecule has 0 aliphatic heterocycles. The maximum Gasteiger partial charge on any atom is 0.334 e. The summed E-state index contributed by atoms with van der Waals surface area (Å²) in [5.74, 6) is -2.29. The van der Waals surface area contributed by atoms with E-state index in [1.165, 1.54) is 29.5 Å². The molecule has 0 aliphatic carbocycles.